The number of carbonyl (C=O) groups excluding carboxylic acids is 4. The van der Waals surface area contributed by atoms with Gasteiger partial charge in [-0.05, 0) is 62.5 Å². The number of alkyl halides is 1. The summed E-state index contributed by atoms with van der Waals surface area (Å²) >= 11 is 7.46. The Bertz CT molecular complexity index is 1070. The van der Waals surface area contributed by atoms with Gasteiger partial charge in [0.15, 0.2) is 18.0 Å². The highest BCUT2D eigenvalue weighted by Crippen LogP contribution is 2.71. The fourth-order valence-corrected chi connectivity index (χ4v) is 8.37. The van der Waals surface area contributed by atoms with Crippen LogP contribution in [0.25, 0.3) is 0 Å². The highest BCUT2D eigenvalue weighted by Gasteiger charge is 2.74. The molecule has 8 nitrogen and oxygen atoms in total. The molecule has 0 aromatic rings. The molecule has 0 radical (unpaired) electrons. The molecule has 0 aromatic heterocycles. The third kappa shape index (κ3) is 4.32. The normalized spacial score (nSPS) is 39.4. The van der Waals surface area contributed by atoms with Crippen LogP contribution < -0.4 is 0 Å². The van der Waals surface area contributed by atoms with E-state index >= 15 is 0 Å². The maximum absolute atomic E-state index is 13.7. The quantitative estimate of drug-likeness (QED) is 0.259. The fourth-order valence-electron chi connectivity index (χ4n) is 7.84. The summed E-state index contributed by atoms with van der Waals surface area (Å²) in [6, 6.07) is 0. The van der Waals surface area contributed by atoms with Gasteiger partial charge >= 0.3 is 12.1 Å². The van der Waals surface area contributed by atoms with Crippen LogP contribution in [-0.4, -0.2) is 58.6 Å². The van der Waals surface area contributed by atoms with Gasteiger partial charge in [0.05, 0.1) is 17.6 Å². The Morgan fingerprint density at radius 2 is 1.87 bits per heavy atom. The van der Waals surface area contributed by atoms with Gasteiger partial charge in [-0.1, -0.05) is 45.3 Å². The van der Waals surface area contributed by atoms with E-state index in [0.717, 1.165) is 18.4 Å². The van der Waals surface area contributed by atoms with E-state index in [2.05, 4.69) is 0 Å². The van der Waals surface area contributed by atoms with Gasteiger partial charge in [-0.3, -0.25) is 14.4 Å². The van der Waals surface area contributed by atoms with Crippen molar-refractivity contribution in [3.8, 4) is 0 Å². The van der Waals surface area contributed by atoms with E-state index in [4.69, 9.17) is 25.8 Å². The zero-order valence-corrected chi connectivity index (χ0v) is 23.5. The fraction of sp³-hybridized carbons (Fsp3) is 0.724. The van der Waals surface area contributed by atoms with E-state index in [1.54, 1.807) is 6.08 Å². The number of unbranched alkanes of at least 4 members (excludes halogenated alkanes) is 2. The first-order valence-corrected chi connectivity index (χ1v) is 14.1. The van der Waals surface area contributed by atoms with Crippen molar-refractivity contribution in [1.82, 2.24) is 0 Å². The van der Waals surface area contributed by atoms with Gasteiger partial charge in [0, 0.05) is 17.8 Å². The molecule has 38 heavy (non-hydrogen) atoms. The predicted molar refractivity (Wildman–Crippen MR) is 139 cm³/mol. The number of aliphatic hydroxyl groups is 1. The molecule has 0 heterocycles. The van der Waals surface area contributed by atoms with E-state index < -0.39 is 51.9 Å². The number of Topliss-reactive ketones (excluding diaryl/α,β-unsaturated/α-hetero) is 1. The maximum atomic E-state index is 13.7. The third-order valence-corrected chi connectivity index (χ3v) is 10.8. The Hall–Kier alpha value is -2.19. The van der Waals surface area contributed by atoms with Crippen LogP contribution in [0.5, 0.6) is 0 Å². The highest BCUT2D eigenvalue weighted by atomic mass is 35.5. The summed E-state index contributed by atoms with van der Waals surface area (Å²) in [6.07, 6.45) is 7.58. The first-order valence-electron chi connectivity index (χ1n) is 13.7. The zero-order valence-electron chi connectivity index (χ0n) is 22.7. The topological polar surface area (TPSA) is 116 Å². The first kappa shape index (κ1) is 28.8. The van der Waals surface area contributed by atoms with Gasteiger partial charge in [0.2, 0.25) is 5.78 Å². The summed E-state index contributed by atoms with van der Waals surface area (Å²) in [7, 11) is 0. The summed E-state index contributed by atoms with van der Waals surface area (Å²) in [5.74, 6) is -1.61. The molecule has 3 fully saturated rings. The largest absolute Gasteiger partial charge is 0.509 e. The minimum absolute atomic E-state index is 0.0897. The second kappa shape index (κ2) is 10.4. The molecule has 3 saturated carbocycles. The molecule has 7 atom stereocenters. The Kier molecular flexibility index (Phi) is 7.90. The molecule has 1 N–H and O–H groups in total. The van der Waals surface area contributed by atoms with Crippen molar-refractivity contribution in [2.75, 3.05) is 13.2 Å². The van der Waals surface area contributed by atoms with Gasteiger partial charge in [-0.25, -0.2) is 4.79 Å². The zero-order chi connectivity index (χ0) is 27.9. The van der Waals surface area contributed by atoms with Crippen LogP contribution in [0.1, 0.15) is 79.1 Å². The minimum atomic E-state index is -1.64. The highest BCUT2D eigenvalue weighted by molar-refractivity contribution is 6.26. The van der Waals surface area contributed by atoms with Crippen LogP contribution in [0.4, 0.5) is 4.79 Å². The molecule has 0 spiro atoms. The summed E-state index contributed by atoms with van der Waals surface area (Å²) in [4.78, 5) is 49.2. The van der Waals surface area contributed by atoms with E-state index in [-0.39, 0.29) is 37.1 Å². The summed E-state index contributed by atoms with van der Waals surface area (Å²) in [6.45, 7) is 6.72. The Labute approximate surface area is 229 Å². The van der Waals surface area contributed by atoms with Crippen LogP contribution in [0, 0.1) is 22.7 Å². The molecule has 1 unspecified atom stereocenters. The molecule has 4 rings (SSSR count). The lowest BCUT2D eigenvalue weighted by Gasteiger charge is -2.63. The van der Waals surface area contributed by atoms with Gasteiger partial charge < -0.3 is 19.3 Å². The lowest BCUT2D eigenvalue weighted by atomic mass is 9.45. The minimum Gasteiger partial charge on any atom is -0.458 e. The van der Waals surface area contributed by atoms with E-state index in [0.29, 0.717) is 25.7 Å². The number of allylic oxidation sites excluding steroid dienone is 4. The number of hydrogen-bond donors (Lipinski definition) is 1. The average molecular weight is 551 g/mol. The summed E-state index contributed by atoms with van der Waals surface area (Å²) < 4.78 is 16.3. The first-order chi connectivity index (χ1) is 17.9. The smallest absolute Gasteiger partial charge is 0.458 e. The van der Waals surface area contributed by atoms with Crippen molar-refractivity contribution in [1.29, 1.82) is 0 Å². The van der Waals surface area contributed by atoms with Crippen LogP contribution in [0.15, 0.2) is 23.8 Å². The van der Waals surface area contributed by atoms with Crippen molar-refractivity contribution >= 4 is 35.3 Å². The van der Waals surface area contributed by atoms with Crippen LogP contribution in [-0.2, 0) is 28.6 Å². The van der Waals surface area contributed by atoms with Crippen LogP contribution >= 0.6 is 11.6 Å². The standard InChI is InChI=1S/C29H39ClO8/c1-5-6-7-14-36-25(35)38-28(24(34)17-37-18(2)31)13-11-21-22-9-8-19-15-20(32)10-12-26(19,3)29(22,30)23(33)16-27(21,28)4/h10,12,15,21-23,33H,5-9,11,13-14,16-17H2,1-4H3/t21-,22-,23?,26-,27-,28-,29-/m0/s1. The van der Waals surface area contributed by atoms with Gasteiger partial charge in [-0.2, -0.15) is 0 Å². The van der Waals surface area contributed by atoms with Crippen LogP contribution in [0.2, 0.25) is 0 Å². The number of carbonyl (C=O) groups is 4. The average Bonchev–Trinajstić information content (AvgIpc) is 3.14. The summed E-state index contributed by atoms with van der Waals surface area (Å²) in [5.41, 5.74) is -2.44. The molecular weight excluding hydrogens is 512 g/mol. The number of aliphatic hydroxyl groups excluding tert-OH is 1. The van der Waals surface area contributed by atoms with E-state index in [1.165, 1.54) is 13.0 Å². The molecule has 0 bridgehead atoms. The van der Waals surface area contributed by atoms with Gasteiger partial charge in [-0.15, -0.1) is 11.6 Å². The number of ketones is 2. The monoisotopic (exact) mass is 550 g/mol. The second-order valence-electron chi connectivity index (χ2n) is 11.7. The lowest BCUT2D eigenvalue weighted by molar-refractivity contribution is -0.182. The van der Waals surface area contributed by atoms with Crippen molar-refractivity contribution in [3.05, 3.63) is 23.8 Å². The number of hydrogen-bond acceptors (Lipinski definition) is 8. The molecule has 4 aliphatic carbocycles. The Morgan fingerprint density at radius 1 is 1.13 bits per heavy atom. The van der Waals surface area contributed by atoms with Gasteiger partial charge in [0.1, 0.15) is 0 Å². The van der Waals surface area contributed by atoms with E-state index in [9.17, 15) is 24.3 Å². The number of ether oxygens (including phenoxy) is 3. The molecule has 0 saturated heterocycles. The predicted octanol–water partition coefficient (Wildman–Crippen LogP) is 4.84. The molecule has 210 valence electrons. The number of halogens is 1. The maximum Gasteiger partial charge on any atom is 0.509 e. The lowest BCUT2D eigenvalue weighted by Crippen LogP contribution is -2.69. The Morgan fingerprint density at radius 3 is 2.55 bits per heavy atom. The van der Waals surface area contributed by atoms with Crippen molar-refractivity contribution < 1.29 is 38.5 Å². The summed E-state index contributed by atoms with van der Waals surface area (Å²) in [5, 5.41) is 11.8. The van der Waals surface area contributed by atoms with E-state index in [1.807, 2.05) is 26.8 Å². The van der Waals surface area contributed by atoms with Crippen LogP contribution in [0.3, 0.4) is 0 Å². The van der Waals surface area contributed by atoms with Crippen molar-refractivity contribution in [2.45, 2.75) is 95.6 Å². The number of rotatable bonds is 8. The molecule has 0 amide bonds. The third-order valence-electron chi connectivity index (χ3n) is 9.84. The van der Waals surface area contributed by atoms with Crippen molar-refractivity contribution in [3.63, 3.8) is 0 Å². The number of fused-ring (bicyclic) bond motifs is 5. The Balaban J connectivity index is 1.69. The molecule has 0 aliphatic heterocycles. The van der Waals surface area contributed by atoms with Gasteiger partial charge in [0.25, 0.3) is 0 Å². The molecule has 4 aliphatic rings. The molecule has 9 heteroatoms. The molecule has 0 aromatic carbocycles. The van der Waals surface area contributed by atoms with Crippen molar-refractivity contribution in [2.24, 2.45) is 22.7 Å². The molecular formula is C29H39ClO8. The SMILES string of the molecule is CCCCCOC(=O)O[C@]1(C(=O)COC(C)=O)CC[C@H]2[C@@H]3CCC4=CC(=O)C=C[C@]4(C)[C@@]3(Cl)C(O)C[C@@]21C. The number of esters is 1. The second-order valence-corrected chi connectivity index (χ2v) is 12.4.